The monoisotopic (exact) mass is 274 g/mol. The van der Waals surface area contributed by atoms with E-state index in [1.54, 1.807) is 16.7 Å². The number of nitrogens with two attached hydrogens (primary N) is 1. The van der Waals surface area contributed by atoms with Crippen LogP contribution in [0.15, 0.2) is 0 Å². The lowest BCUT2D eigenvalue weighted by Gasteiger charge is -2.20. The molecule has 1 fully saturated rings. The molecule has 0 aliphatic carbocycles. The zero-order valence-corrected chi connectivity index (χ0v) is 11.6. The number of carbonyl (C=O) groups is 2. The second-order valence-electron chi connectivity index (χ2n) is 4.76. The normalized spacial score (nSPS) is 21.0. The molecule has 0 aromatic rings. The van der Waals surface area contributed by atoms with Gasteiger partial charge in [0.2, 0.25) is 5.91 Å². The topological polar surface area (TPSA) is 83.6 Å². The van der Waals surface area contributed by atoms with Gasteiger partial charge in [-0.25, -0.2) is 0 Å². The van der Waals surface area contributed by atoms with E-state index in [0.29, 0.717) is 25.3 Å². The van der Waals surface area contributed by atoms with Crippen LogP contribution in [0.4, 0.5) is 0 Å². The van der Waals surface area contributed by atoms with E-state index in [4.69, 9.17) is 10.8 Å². The second kappa shape index (κ2) is 7.63. The Balaban J connectivity index is 2.31. The second-order valence-corrected chi connectivity index (χ2v) is 5.74. The summed E-state index contributed by atoms with van der Waals surface area (Å²) in [5, 5.41) is 8.63. The predicted molar refractivity (Wildman–Crippen MR) is 72.5 cm³/mol. The highest BCUT2D eigenvalue weighted by Crippen LogP contribution is 2.21. The van der Waals surface area contributed by atoms with Crippen LogP contribution in [0, 0.1) is 5.92 Å². The quantitative estimate of drug-likeness (QED) is 0.717. The fourth-order valence-corrected chi connectivity index (χ4v) is 2.69. The van der Waals surface area contributed by atoms with Gasteiger partial charge >= 0.3 is 5.97 Å². The summed E-state index contributed by atoms with van der Waals surface area (Å²) in [4.78, 5) is 24.3. The maximum absolute atomic E-state index is 12.0. The number of hydrogen-bond acceptors (Lipinski definition) is 4. The molecular formula is C12H22N2O3S. The van der Waals surface area contributed by atoms with Crippen molar-refractivity contribution in [2.24, 2.45) is 11.7 Å². The summed E-state index contributed by atoms with van der Waals surface area (Å²) in [6, 6.07) is -0.407. The number of rotatable bonds is 7. The fraction of sp³-hybridized carbons (Fsp3) is 0.833. The SMILES string of the molecule is CSCC[C@@H](N)C(=O)N1CCC(CCC(=O)O)C1. The molecule has 18 heavy (non-hydrogen) atoms. The molecule has 0 radical (unpaired) electrons. The Morgan fingerprint density at radius 3 is 2.89 bits per heavy atom. The Morgan fingerprint density at radius 1 is 1.56 bits per heavy atom. The lowest BCUT2D eigenvalue weighted by atomic mass is 10.0. The van der Waals surface area contributed by atoms with Crippen molar-refractivity contribution in [1.82, 2.24) is 4.90 Å². The molecule has 0 spiro atoms. The number of carboxylic acids is 1. The number of aliphatic carboxylic acids is 1. The highest BCUT2D eigenvalue weighted by atomic mass is 32.2. The van der Waals surface area contributed by atoms with Crippen LogP contribution in [-0.4, -0.2) is 53.0 Å². The van der Waals surface area contributed by atoms with E-state index in [0.717, 1.165) is 18.7 Å². The van der Waals surface area contributed by atoms with Gasteiger partial charge < -0.3 is 15.7 Å². The van der Waals surface area contributed by atoms with Crippen LogP contribution < -0.4 is 5.73 Å². The van der Waals surface area contributed by atoms with Gasteiger partial charge in [0.1, 0.15) is 0 Å². The molecule has 0 aromatic heterocycles. The molecule has 1 rings (SSSR count). The number of carboxylic acid groups (broad SMARTS) is 1. The summed E-state index contributed by atoms with van der Waals surface area (Å²) >= 11 is 1.69. The first-order chi connectivity index (χ1) is 8.54. The van der Waals surface area contributed by atoms with Gasteiger partial charge in [-0.2, -0.15) is 11.8 Å². The van der Waals surface area contributed by atoms with E-state index >= 15 is 0 Å². The van der Waals surface area contributed by atoms with Crippen LogP contribution in [0.25, 0.3) is 0 Å². The van der Waals surface area contributed by atoms with E-state index in [2.05, 4.69) is 0 Å². The zero-order valence-electron chi connectivity index (χ0n) is 10.8. The first-order valence-electron chi connectivity index (χ1n) is 6.29. The molecule has 104 valence electrons. The van der Waals surface area contributed by atoms with Gasteiger partial charge in [0.15, 0.2) is 0 Å². The standard InChI is InChI=1S/C12H22N2O3S/c1-18-7-5-10(13)12(17)14-6-4-9(8-14)2-3-11(15)16/h9-10H,2-8,13H2,1H3,(H,15,16)/t9?,10-/m1/s1. The summed E-state index contributed by atoms with van der Waals surface area (Å²) in [7, 11) is 0. The summed E-state index contributed by atoms with van der Waals surface area (Å²) in [5.74, 6) is 0.458. The third kappa shape index (κ3) is 4.86. The number of amides is 1. The molecule has 2 atom stereocenters. The molecular weight excluding hydrogens is 252 g/mol. The van der Waals surface area contributed by atoms with Crippen molar-refractivity contribution in [3.63, 3.8) is 0 Å². The van der Waals surface area contributed by atoms with Gasteiger partial charge in [0.05, 0.1) is 6.04 Å². The average molecular weight is 274 g/mol. The van der Waals surface area contributed by atoms with Crippen LogP contribution in [0.2, 0.25) is 0 Å². The van der Waals surface area contributed by atoms with Gasteiger partial charge in [-0.15, -0.1) is 0 Å². The Labute approximate surface area is 112 Å². The van der Waals surface area contributed by atoms with Gasteiger partial charge in [-0.3, -0.25) is 9.59 Å². The van der Waals surface area contributed by atoms with Crippen molar-refractivity contribution in [3.8, 4) is 0 Å². The largest absolute Gasteiger partial charge is 0.481 e. The molecule has 1 aliphatic heterocycles. The molecule has 5 nitrogen and oxygen atoms in total. The molecule has 1 amide bonds. The Morgan fingerprint density at radius 2 is 2.28 bits per heavy atom. The molecule has 1 saturated heterocycles. The smallest absolute Gasteiger partial charge is 0.303 e. The van der Waals surface area contributed by atoms with Gasteiger partial charge in [0.25, 0.3) is 0 Å². The minimum absolute atomic E-state index is 0.0156. The number of hydrogen-bond donors (Lipinski definition) is 2. The molecule has 0 aromatic carbocycles. The van der Waals surface area contributed by atoms with Gasteiger partial charge in [0, 0.05) is 19.5 Å². The van der Waals surface area contributed by atoms with Crippen molar-refractivity contribution in [1.29, 1.82) is 0 Å². The number of likely N-dealkylation sites (tertiary alicyclic amines) is 1. The predicted octanol–water partition coefficient (Wildman–Crippen LogP) is 0.780. The average Bonchev–Trinajstić information content (AvgIpc) is 2.81. The van der Waals surface area contributed by atoms with Crippen molar-refractivity contribution < 1.29 is 14.7 Å². The molecule has 1 heterocycles. The fourth-order valence-electron chi connectivity index (χ4n) is 2.20. The summed E-state index contributed by atoms with van der Waals surface area (Å²) in [6.45, 7) is 1.38. The summed E-state index contributed by atoms with van der Waals surface area (Å²) in [5.41, 5.74) is 5.85. The van der Waals surface area contributed by atoms with E-state index in [9.17, 15) is 9.59 Å². The maximum Gasteiger partial charge on any atom is 0.303 e. The molecule has 1 aliphatic rings. The van der Waals surface area contributed by atoms with E-state index in [1.165, 1.54) is 0 Å². The van der Waals surface area contributed by atoms with Crippen LogP contribution in [-0.2, 0) is 9.59 Å². The Kier molecular flexibility index (Phi) is 6.49. The van der Waals surface area contributed by atoms with Crippen LogP contribution in [0.3, 0.4) is 0 Å². The lowest BCUT2D eigenvalue weighted by Crippen LogP contribution is -2.43. The van der Waals surface area contributed by atoms with Crippen LogP contribution >= 0.6 is 11.8 Å². The highest BCUT2D eigenvalue weighted by Gasteiger charge is 2.29. The minimum atomic E-state index is -0.767. The number of thioether (sulfide) groups is 1. The van der Waals surface area contributed by atoms with E-state index in [-0.39, 0.29) is 12.3 Å². The third-order valence-corrected chi connectivity index (χ3v) is 3.96. The Bertz CT molecular complexity index is 299. The van der Waals surface area contributed by atoms with E-state index < -0.39 is 12.0 Å². The van der Waals surface area contributed by atoms with Crippen LogP contribution in [0.1, 0.15) is 25.7 Å². The first-order valence-corrected chi connectivity index (χ1v) is 7.69. The molecule has 3 N–H and O–H groups in total. The molecule has 1 unspecified atom stereocenters. The van der Waals surface area contributed by atoms with Crippen LogP contribution in [0.5, 0.6) is 0 Å². The number of nitrogens with zero attached hydrogens (tertiary/aromatic N) is 1. The van der Waals surface area contributed by atoms with Crippen molar-refractivity contribution in [3.05, 3.63) is 0 Å². The first kappa shape index (κ1) is 15.3. The summed E-state index contributed by atoms with van der Waals surface area (Å²) < 4.78 is 0. The lowest BCUT2D eigenvalue weighted by molar-refractivity contribution is -0.137. The van der Waals surface area contributed by atoms with Gasteiger partial charge in [-0.1, -0.05) is 0 Å². The summed E-state index contributed by atoms with van der Waals surface area (Å²) in [6.07, 6.45) is 4.43. The van der Waals surface area contributed by atoms with Gasteiger partial charge in [-0.05, 0) is 37.2 Å². The number of carbonyl (C=O) groups excluding carboxylic acids is 1. The van der Waals surface area contributed by atoms with Crippen molar-refractivity contribution in [2.45, 2.75) is 31.7 Å². The zero-order chi connectivity index (χ0) is 13.5. The van der Waals surface area contributed by atoms with Crippen molar-refractivity contribution >= 4 is 23.6 Å². The molecule has 0 bridgehead atoms. The molecule has 0 saturated carbocycles. The van der Waals surface area contributed by atoms with E-state index in [1.807, 2.05) is 6.26 Å². The van der Waals surface area contributed by atoms with Crippen molar-refractivity contribution in [2.75, 3.05) is 25.1 Å². The highest BCUT2D eigenvalue weighted by molar-refractivity contribution is 7.98. The maximum atomic E-state index is 12.0. The molecule has 6 heteroatoms. The third-order valence-electron chi connectivity index (χ3n) is 3.31. The Hall–Kier alpha value is -0.750. The minimum Gasteiger partial charge on any atom is -0.481 e.